The fraction of sp³-hybridized carbons (Fsp3) is 0.391. The summed E-state index contributed by atoms with van der Waals surface area (Å²) in [6.45, 7) is 0.678. The number of hydrogen-bond donors (Lipinski definition) is 1. The number of carbonyl (C=O) groups excluding carboxylic acids is 2. The Morgan fingerprint density at radius 3 is 2.07 bits per heavy atom. The molecule has 0 bridgehead atoms. The molecule has 1 N–H and O–H groups in total. The molecular weight excluding hydrogens is 336 g/mol. The minimum Gasteiger partial charge on any atom is -0.352 e. The summed E-state index contributed by atoms with van der Waals surface area (Å²) in [5, 5.41) is 3.06. The quantitative estimate of drug-likeness (QED) is 0.855. The fourth-order valence-electron chi connectivity index (χ4n) is 3.95. The summed E-state index contributed by atoms with van der Waals surface area (Å²) in [4.78, 5) is 27.5. The second-order valence-corrected chi connectivity index (χ2v) is 7.61. The van der Waals surface area contributed by atoms with Crippen LogP contribution in [0.15, 0.2) is 60.7 Å². The molecule has 4 nitrogen and oxygen atoms in total. The zero-order valence-electron chi connectivity index (χ0n) is 15.5. The highest BCUT2D eigenvalue weighted by molar-refractivity contribution is 5.89. The first-order valence-electron chi connectivity index (χ1n) is 9.92. The van der Waals surface area contributed by atoms with E-state index in [2.05, 4.69) is 29.6 Å². The van der Waals surface area contributed by atoms with Crippen molar-refractivity contribution in [2.75, 3.05) is 6.54 Å². The van der Waals surface area contributed by atoms with Crippen molar-refractivity contribution in [3.05, 3.63) is 71.8 Å². The summed E-state index contributed by atoms with van der Waals surface area (Å²) < 4.78 is 0. The molecule has 1 atom stereocenters. The van der Waals surface area contributed by atoms with E-state index < -0.39 is 0 Å². The average Bonchev–Trinajstić information content (AvgIpc) is 3.38. The number of likely N-dealkylation sites (tertiary alicyclic amines) is 1. The fourth-order valence-corrected chi connectivity index (χ4v) is 3.95. The molecule has 2 fully saturated rings. The highest BCUT2D eigenvalue weighted by atomic mass is 16.2. The van der Waals surface area contributed by atoms with Crippen molar-refractivity contribution in [3.63, 3.8) is 0 Å². The molecule has 2 aromatic carbocycles. The lowest BCUT2D eigenvalue weighted by atomic mass is 9.88. The standard InChI is InChI=1S/C23H26N2O2/c26-22(25-15-7-12-21(25)23(27)24-19-13-14-19)16-20(17-8-3-1-4-9-17)18-10-5-2-6-11-18/h1-6,8-11,19-21H,7,12-16H2,(H,24,27)/t21-/m0/s1. The van der Waals surface area contributed by atoms with E-state index in [1.165, 1.54) is 0 Å². The highest BCUT2D eigenvalue weighted by Gasteiger charge is 2.37. The molecule has 0 unspecified atom stereocenters. The molecule has 140 valence electrons. The maximum Gasteiger partial charge on any atom is 0.243 e. The van der Waals surface area contributed by atoms with Crippen molar-refractivity contribution < 1.29 is 9.59 Å². The van der Waals surface area contributed by atoms with Gasteiger partial charge in [0, 0.05) is 24.9 Å². The molecule has 2 aromatic rings. The van der Waals surface area contributed by atoms with Gasteiger partial charge in [0.1, 0.15) is 6.04 Å². The van der Waals surface area contributed by atoms with Crippen LogP contribution in [0.3, 0.4) is 0 Å². The second kappa shape index (κ2) is 7.95. The van der Waals surface area contributed by atoms with E-state index >= 15 is 0 Å². The summed E-state index contributed by atoms with van der Waals surface area (Å²) in [5.74, 6) is 0.105. The molecule has 0 radical (unpaired) electrons. The first-order valence-corrected chi connectivity index (χ1v) is 9.92. The summed E-state index contributed by atoms with van der Waals surface area (Å²) in [7, 11) is 0. The van der Waals surface area contributed by atoms with E-state index in [1.54, 1.807) is 4.90 Å². The van der Waals surface area contributed by atoms with Crippen molar-refractivity contribution in [2.45, 2.75) is 50.1 Å². The summed E-state index contributed by atoms with van der Waals surface area (Å²) in [6, 6.07) is 20.4. The Kier molecular flexibility index (Phi) is 5.23. The number of nitrogens with zero attached hydrogens (tertiary/aromatic N) is 1. The van der Waals surface area contributed by atoms with Crippen molar-refractivity contribution >= 4 is 11.8 Å². The SMILES string of the molecule is O=C(NC1CC1)[C@@H]1CCCN1C(=O)CC(c1ccccc1)c1ccccc1. The number of hydrogen-bond acceptors (Lipinski definition) is 2. The minimum absolute atomic E-state index is 0.00708. The third-order valence-corrected chi connectivity index (χ3v) is 5.58. The highest BCUT2D eigenvalue weighted by Crippen LogP contribution is 2.30. The lowest BCUT2D eigenvalue weighted by molar-refractivity contribution is -0.138. The molecule has 2 amide bonds. The van der Waals surface area contributed by atoms with Gasteiger partial charge >= 0.3 is 0 Å². The topological polar surface area (TPSA) is 49.4 Å². The van der Waals surface area contributed by atoms with Crippen LogP contribution >= 0.6 is 0 Å². The Morgan fingerprint density at radius 1 is 0.926 bits per heavy atom. The molecule has 0 spiro atoms. The van der Waals surface area contributed by atoms with Crippen molar-refractivity contribution in [1.82, 2.24) is 10.2 Å². The van der Waals surface area contributed by atoms with Crippen LogP contribution in [0, 0.1) is 0 Å². The average molecular weight is 362 g/mol. The van der Waals surface area contributed by atoms with E-state index in [-0.39, 0.29) is 23.8 Å². The van der Waals surface area contributed by atoms with Gasteiger partial charge in [-0.1, -0.05) is 60.7 Å². The van der Waals surface area contributed by atoms with Gasteiger partial charge in [-0.25, -0.2) is 0 Å². The maximum atomic E-state index is 13.2. The minimum atomic E-state index is -0.301. The third kappa shape index (κ3) is 4.21. The van der Waals surface area contributed by atoms with Crippen LogP contribution in [0.2, 0.25) is 0 Å². The Bertz CT molecular complexity index is 747. The van der Waals surface area contributed by atoms with Gasteiger partial charge in [0.25, 0.3) is 0 Å². The molecule has 4 heteroatoms. The van der Waals surface area contributed by atoms with E-state index in [4.69, 9.17) is 0 Å². The molecule has 0 aromatic heterocycles. The maximum absolute atomic E-state index is 13.2. The van der Waals surface area contributed by atoms with Crippen molar-refractivity contribution in [3.8, 4) is 0 Å². The lowest BCUT2D eigenvalue weighted by Crippen LogP contribution is -2.46. The third-order valence-electron chi connectivity index (χ3n) is 5.58. The van der Waals surface area contributed by atoms with Gasteiger partial charge < -0.3 is 10.2 Å². The molecule has 1 saturated heterocycles. The van der Waals surface area contributed by atoms with Crippen LogP contribution in [-0.2, 0) is 9.59 Å². The molecule has 1 heterocycles. The first-order chi connectivity index (χ1) is 13.2. The second-order valence-electron chi connectivity index (χ2n) is 7.61. The van der Waals surface area contributed by atoms with Crippen LogP contribution in [0.5, 0.6) is 0 Å². The number of amides is 2. The summed E-state index contributed by atoms with van der Waals surface area (Å²) in [6.07, 6.45) is 4.19. The monoisotopic (exact) mass is 362 g/mol. The molecular formula is C23H26N2O2. The van der Waals surface area contributed by atoms with Crippen molar-refractivity contribution in [1.29, 1.82) is 0 Å². The molecule has 2 aliphatic rings. The van der Waals surface area contributed by atoms with Gasteiger partial charge in [0.2, 0.25) is 11.8 Å². The zero-order valence-corrected chi connectivity index (χ0v) is 15.5. The first kappa shape index (κ1) is 17.8. The Morgan fingerprint density at radius 2 is 1.52 bits per heavy atom. The Labute approximate surface area is 160 Å². The number of benzene rings is 2. The summed E-state index contributed by atoms with van der Waals surface area (Å²) >= 11 is 0. The molecule has 1 aliphatic carbocycles. The van der Waals surface area contributed by atoms with Gasteiger partial charge in [0.15, 0.2) is 0 Å². The van der Waals surface area contributed by atoms with Gasteiger partial charge in [-0.05, 0) is 36.8 Å². The van der Waals surface area contributed by atoms with Crippen LogP contribution in [0.1, 0.15) is 49.1 Å². The number of nitrogens with one attached hydrogen (secondary N) is 1. The van der Waals surface area contributed by atoms with Crippen molar-refractivity contribution in [2.24, 2.45) is 0 Å². The van der Waals surface area contributed by atoms with Crippen LogP contribution in [0.4, 0.5) is 0 Å². The molecule has 4 rings (SSSR count). The van der Waals surface area contributed by atoms with Gasteiger partial charge in [-0.3, -0.25) is 9.59 Å². The van der Waals surface area contributed by atoms with E-state index in [9.17, 15) is 9.59 Å². The number of carbonyl (C=O) groups is 2. The zero-order chi connectivity index (χ0) is 18.6. The normalized spacial score (nSPS) is 19.3. The predicted octanol–water partition coefficient (Wildman–Crippen LogP) is 3.48. The van der Waals surface area contributed by atoms with Crippen LogP contribution in [-0.4, -0.2) is 35.3 Å². The van der Waals surface area contributed by atoms with Crippen LogP contribution in [0.25, 0.3) is 0 Å². The lowest BCUT2D eigenvalue weighted by Gasteiger charge is -2.26. The largest absolute Gasteiger partial charge is 0.352 e. The van der Waals surface area contributed by atoms with Gasteiger partial charge in [-0.2, -0.15) is 0 Å². The predicted molar refractivity (Wildman–Crippen MR) is 105 cm³/mol. The number of rotatable bonds is 6. The van der Waals surface area contributed by atoms with E-state index in [1.807, 2.05) is 36.4 Å². The smallest absolute Gasteiger partial charge is 0.243 e. The van der Waals surface area contributed by atoms with Crippen LogP contribution < -0.4 is 5.32 Å². The Hall–Kier alpha value is -2.62. The summed E-state index contributed by atoms with van der Waals surface area (Å²) in [5.41, 5.74) is 2.27. The molecule has 1 saturated carbocycles. The molecule has 27 heavy (non-hydrogen) atoms. The van der Waals surface area contributed by atoms with E-state index in [0.717, 1.165) is 36.8 Å². The van der Waals surface area contributed by atoms with Gasteiger partial charge in [0.05, 0.1) is 0 Å². The Balaban J connectivity index is 1.52. The molecule has 1 aliphatic heterocycles. The van der Waals surface area contributed by atoms with E-state index in [0.29, 0.717) is 19.0 Å². The van der Waals surface area contributed by atoms with Gasteiger partial charge in [-0.15, -0.1) is 0 Å².